The maximum absolute atomic E-state index is 11.8. The van der Waals surface area contributed by atoms with Crippen molar-refractivity contribution in [3.63, 3.8) is 0 Å². The molecule has 0 N–H and O–H groups in total. The number of hydrogen-bond acceptors (Lipinski definition) is 5. The van der Waals surface area contributed by atoms with Gasteiger partial charge in [0.1, 0.15) is 5.69 Å². The van der Waals surface area contributed by atoms with Crippen molar-refractivity contribution in [1.82, 2.24) is 19.7 Å². The van der Waals surface area contributed by atoms with Crippen LogP contribution in [0, 0.1) is 0 Å². The largest absolute Gasteiger partial charge is 0.268 e. The summed E-state index contributed by atoms with van der Waals surface area (Å²) in [5, 5.41) is 4.34. The molecule has 0 aliphatic rings. The molecule has 6 heteroatoms. The van der Waals surface area contributed by atoms with Gasteiger partial charge in [-0.2, -0.15) is 5.10 Å². The Labute approximate surface area is 113 Å². The van der Waals surface area contributed by atoms with Gasteiger partial charge in [-0.3, -0.25) is 14.8 Å². The molecule has 94 valence electrons. The normalized spacial score (nSPS) is 10.5. The van der Waals surface area contributed by atoms with Crippen molar-refractivity contribution in [3.8, 4) is 11.4 Å². The summed E-state index contributed by atoms with van der Waals surface area (Å²) in [4.78, 5) is 21.0. The van der Waals surface area contributed by atoms with Gasteiger partial charge in [-0.1, -0.05) is 6.07 Å². The van der Waals surface area contributed by atoms with Gasteiger partial charge in [-0.25, -0.2) is 4.68 Å². The molecule has 0 unspecified atom stereocenters. The average molecular weight is 270 g/mol. The number of rotatable bonds is 3. The first-order chi connectivity index (χ1) is 9.33. The first-order valence-electron chi connectivity index (χ1n) is 5.70. The Kier molecular flexibility index (Phi) is 3.16. The van der Waals surface area contributed by atoms with Gasteiger partial charge in [0.15, 0.2) is 0 Å². The van der Waals surface area contributed by atoms with E-state index in [1.54, 1.807) is 24.0 Å². The number of pyridine rings is 1. The lowest BCUT2D eigenvalue weighted by Crippen LogP contribution is -2.22. The zero-order valence-corrected chi connectivity index (χ0v) is 10.7. The Balaban J connectivity index is 1.99. The summed E-state index contributed by atoms with van der Waals surface area (Å²) in [6.07, 6.45) is 3.45. The molecule has 0 aromatic carbocycles. The second-order valence-corrected chi connectivity index (χ2v) is 4.87. The zero-order valence-electron chi connectivity index (χ0n) is 9.93. The van der Waals surface area contributed by atoms with E-state index in [-0.39, 0.29) is 5.56 Å². The number of nitrogens with zero attached hydrogens (tertiary/aromatic N) is 4. The molecule has 0 saturated heterocycles. The minimum atomic E-state index is -0.131. The van der Waals surface area contributed by atoms with Crippen LogP contribution in [0.1, 0.15) is 4.88 Å². The van der Waals surface area contributed by atoms with Gasteiger partial charge in [0.25, 0.3) is 5.56 Å². The molecule has 0 aliphatic heterocycles. The number of hydrogen-bond donors (Lipinski definition) is 0. The lowest BCUT2D eigenvalue weighted by atomic mass is 10.2. The Morgan fingerprint density at radius 3 is 2.84 bits per heavy atom. The Hall–Kier alpha value is -2.34. The number of aromatic nitrogens is 4. The van der Waals surface area contributed by atoms with Crippen LogP contribution in [-0.4, -0.2) is 19.7 Å². The third-order valence-corrected chi connectivity index (χ3v) is 3.35. The Bertz CT molecular complexity index is 722. The maximum Gasteiger partial charge on any atom is 0.267 e. The quantitative estimate of drug-likeness (QED) is 0.728. The van der Waals surface area contributed by atoms with Crippen LogP contribution in [0.15, 0.2) is 53.0 Å². The fraction of sp³-hybridized carbons (Fsp3) is 0.0769. The van der Waals surface area contributed by atoms with Gasteiger partial charge in [0, 0.05) is 23.3 Å². The Morgan fingerprint density at radius 2 is 2.11 bits per heavy atom. The average Bonchev–Trinajstić information content (AvgIpc) is 2.95. The molecule has 5 nitrogen and oxygen atoms in total. The van der Waals surface area contributed by atoms with E-state index in [2.05, 4.69) is 15.1 Å². The predicted molar refractivity (Wildman–Crippen MR) is 72.9 cm³/mol. The molecule has 19 heavy (non-hydrogen) atoms. The fourth-order valence-electron chi connectivity index (χ4n) is 1.68. The highest BCUT2D eigenvalue weighted by atomic mass is 32.1. The van der Waals surface area contributed by atoms with E-state index < -0.39 is 0 Å². The van der Waals surface area contributed by atoms with Crippen molar-refractivity contribution >= 4 is 11.3 Å². The van der Waals surface area contributed by atoms with Gasteiger partial charge in [-0.15, -0.1) is 11.3 Å². The van der Waals surface area contributed by atoms with Crippen molar-refractivity contribution in [2.45, 2.75) is 6.54 Å². The molecule has 0 atom stereocenters. The van der Waals surface area contributed by atoms with Crippen molar-refractivity contribution in [2.75, 3.05) is 0 Å². The fourth-order valence-corrected chi connectivity index (χ4v) is 2.26. The molecule has 3 heterocycles. The highest BCUT2D eigenvalue weighted by Gasteiger charge is 2.05. The molecule has 0 radical (unpaired) electrons. The van der Waals surface area contributed by atoms with Crippen molar-refractivity contribution in [1.29, 1.82) is 0 Å². The number of thiazole rings is 1. The van der Waals surface area contributed by atoms with Gasteiger partial charge >= 0.3 is 0 Å². The summed E-state index contributed by atoms with van der Waals surface area (Å²) in [6.45, 7) is 0.435. The van der Waals surface area contributed by atoms with E-state index in [0.717, 1.165) is 10.6 Å². The Morgan fingerprint density at radius 1 is 1.16 bits per heavy atom. The highest BCUT2D eigenvalue weighted by molar-refractivity contribution is 7.09. The first-order valence-corrected chi connectivity index (χ1v) is 6.58. The molecule has 3 aromatic heterocycles. The molecule has 0 bridgehead atoms. The van der Waals surface area contributed by atoms with Gasteiger partial charge < -0.3 is 0 Å². The van der Waals surface area contributed by atoms with Crippen LogP contribution < -0.4 is 5.56 Å². The van der Waals surface area contributed by atoms with Gasteiger partial charge in [0.05, 0.1) is 17.7 Å². The zero-order chi connectivity index (χ0) is 13.1. The van der Waals surface area contributed by atoms with Crippen molar-refractivity contribution < 1.29 is 0 Å². The SMILES string of the molecule is O=c1ccc(-c2ccccn2)nn1Cc1cncs1. The van der Waals surface area contributed by atoms with Crippen LogP contribution >= 0.6 is 11.3 Å². The topological polar surface area (TPSA) is 60.7 Å². The second kappa shape index (κ2) is 5.11. The minimum Gasteiger partial charge on any atom is -0.268 e. The third kappa shape index (κ3) is 2.58. The van der Waals surface area contributed by atoms with Crippen LogP contribution in [0.4, 0.5) is 0 Å². The summed E-state index contributed by atoms with van der Waals surface area (Å²) in [6, 6.07) is 8.80. The molecule has 0 spiro atoms. The third-order valence-electron chi connectivity index (χ3n) is 2.58. The molecule has 0 fully saturated rings. The van der Waals surface area contributed by atoms with E-state index in [9.17, 15) is 4.79 Å². The summed E-state index contributed by atoms with van der Waals surface area (Å²) >= 11 is 1.50. The smallest absolute Gasteiger partial charge is 0.267 e. The molecular weight excluding hydrogens is 260 g/mol. The molecular formula is C13H10N4OS. The van der Waals surface area contributed by atoms with Crippen LogP contribution in [0.25, 0.3) is 11.4 Å². The van der Waals surface area contributed by atoms with E-state index in [0.29, 0.717) is 12.2 Å². The van der Waals surface area contributed by atoms with Crippen molar-refractivity contribution in [3.05, 3.63) is 63.5 Å². The summed E-state index contributed by atoms with van der Waals surface area (Å²) in [5.74, 6) is 0. The summed E-state index contributed by atoms with van der Waals surface area (Å²) < 4.78 is 1.43. The molecule has 0 saturated carbocycles. The predicted octanol–water partition coefficient (Wildman–Crippen LogP) is 1.81. The monoisotopic (exact) mass is 270 g/mol. The van der Waals surface area contributed by atoms with Gasteiger partial charge in [-0.05, 0) is 18.2 Å². The first kappa shape index (κ1) is 11.7. The highest BCUT2D eigenvalue weighted by Crippen LogP contribution is 2.12. The lowest BCUT2D eigenvalue weighted by Gasteiger charge is -2.05. The van der Waals surface area contributed by atoms with E-state index >= 15 is 0 Å². The van der Waals surface area contributed by atoms with E-state index in [1.165, 1.54) is 22.1 Å². The van der Waals surface area contributed by atoms with Crippen LogP contribution in [0.5, 0.6) is 0 Å². The standard InChI is InChI=1S/C13H10N4OS/c18-13-5-4-12(11-3-1-2-6-15-11)16-17(13)8-10-7-14-9-19-10/h1-7,9H,8H2. The molecule has 0 amide bonds. The van der Waals surface area contributed by atoms with E-state index in [4.69, 9.17) is 0 Å². The minimum absolute atomic E-state index is 0.131. The summed E-state index contributed by atoms with van der Waals surface area (Å²) in [5.41, 5.74) is 3.04. The van der Waals surface area contributed by atoms with Gasteiger partial charge in [0.2, 0.25) is 0 Å². The second-order valence-electron chi connectivity index (χ2n) is 3.90. The summed E-state index contributed by atoms with van der Waals surface area (Å²) in [7, 11) is 0. The van der Waals surface area contributed by atoms with Crippen LogP contribution in [0.2, 0.25) is 0 Å². The van der Waals surface area contributed by atoms with Crippen molar-refractivity contribution in [2.24, 2.45) is 0 Å². The van der Waals surface area contributed by atoms with Crippen LogP contribution in [0.3, 0.4) is 0 Å². The van der Waals surface area contributed by atoms with E-state index in [1.807, 2.05) is 18.2 Å². The lowest BCUT2D eigenvalue weighted by molar-refractivity contribution is 0.648. The molecule has 3 rings (SSSR count). The molecule has 0 aliphatic carbocycles. The maximum atomic E-state index is 11.8. The molecule has 3 aromatic rings. The van der Waals surface area contributed by atoms with Crippen LogP contribution in [-0.2, 0) is 6.54 Å².